The first-order chi connectivity index (χ1) is 18.1. The highest BCUT2D eigenvalue weighted by Gasteiger charge is 2.64. The molecule has 196 valence electrons. The summed E-state index contributed by atoms with van der Waals surface area (Å²) in [4.78, 5) is 22.3. The molecule has 5 rings (SSSR count). The number of fused-ring (bicyclic) bond motifs is 1. The van der Waals surface area contributed by atoms with Gasteiger partial charge in [-0.1, -0.05) is 29.8 Å². The zero-order valence-electron chi connectivity index (χ0n) is 20.9. The predicted molar refractivity (Wildman–Crippen MR) is 138 cm³/mol. The normalized spacial score (nSPS) is 18.9. The van der Waals surface area contributed by atoms with E-state index in [2.05, 4.69) is 14.7 Å². The minimum absolute atomic E-state index is 0.0859. The van der Waals surface area contributed by atoms with Crippen LogP contribution in [0.5, 0.6) is 5.75 Å². The quantitative estimate of drug-likeness (QED) is 0.351. The molecule has 1 aliphatic carbocycles. The van der Waals surface area contributed by atoms with E-state index in [1.54, 1.807) is 49.4 Å². The minimum atomic E-state index is -4.33. The summed E-state index contributed by atoms with van der Waals surface area (Å²) >= 11 is 0. The number of pyridine rings is 2. The number of ether oxygens (including phenoxy) is 1. The number of hydrogen-bond acceptors (Lipinski definition) is 6. The number of nitrogens with zero attached hydrogens (tertiary/aromatic N) is 2. The van der Waals surface area contributed by atoms with Gasteiger partial charge in [0.2, 0.25) is 5.91 Å². The molecular weight excluding hydrogens is 512 g/mol. The van der Waals surface area contributed by atoms with Crippen LogP contribution in [0.25, 0.3) is 10.9 Å². The molecule has 10 heteroatoms. The van der Waals surface area contributed by atoms with Gasteiger partial charge in [-0.25, -0.2) is 21.9 Å². The van der Waals surface area contributed by atoms with Crippen LogP contribution in [0, 0.1) is 13.8 Å². The van der Waals surface area contributed by atoms with Crippen molar-refractivity contribution in [3.8, 4) is 5.75 Å². The number of aryl methyl sites for hydroxylation is 2. The van der Waals surface area contributed by atoms with Crippen molar-refractivity contribution in [2.24, 2.45) is 0 Å². The first kappa shape index (κ1) is 25.7. The second-order valence-corrected chi connectivity index (χ2v) is 11.1. The molecular formula is C28H25F2N3O4S. The van der Waals surface area contributed by atoms with Crippen molar-refractivity contribution in [3.63, 3.8) is 0 Å². The third kappa shape index (κ3) is 4.38. The fraction of sp³-hybridized carbons (Fsp3) is 0.250. The Morgan fingerprint density at radius 2 is 1.82 bits per heavy atom. The fourth-order valence-corrected chi connectivity index (χ4v) is 6.23. The van der Waals surface area contributed by atoms with Crippen molar-refractivity contribution in [2.75, 3.05) is 7.11 Å². The highest BCUT2D eigenvalue weighted by atomic mass is 32.2. The lowest BCUT2D eigenvalue weighted by atomic mass is 9.89. The topological polar surface area (TPSA) is 98.2 Å². The Balaban J connectivity index is 1.60. The van der Waals surface area contributed by atoms with Crippen molar-refractivity contribution >= 4 is 26.8 Å². The molecule has 38 heavy (non-hydrogen) atoms. The summed E-state index contributed by atoms with van der Waals surface area (Å²) in [6.45, 7) is 3.63. The Morgan fingerprint density at radius 3 is 2.55 bits per heavy atom. The summed E-state index contributed by atoms with van der Waals surface area (Å²) in [5, 5.41) is 0.374. The fourth-order valence-electron chi connectivity index (χ4n) is 4.98. The van der Waals surface area contributed by atoms with Gasteiger partial charge in [0.05, 0.1) is 22.9 Å². The summed E-state index contributed by atoms with van der Waals surface area (Å²) in [6.07, 6.45) is -2.61. The number of hydrogen-bond donors (Lipinski definition) is 1. The van der Waals surface area contributed by atoms with E-state index in [0.717, 1.165) is 11.3 Å². The zero-order valence-corrected chi connectivity index (χ0v) is 21.7. The summed E-state index contributed by atoms with van der Waals surface area (Å²) in [5.74, 6) is -1.03. The van der Waals surface area contributed by atoms with Crippen LogP contribution < -0.4 is 9.46 Å². The van der Waals surface area contributed by atoms with Gasteiger partial charge < -0.3 is 4.74 Å². The van der Waals surface area contributed by atoms with Crippen molar-refractivity contribution < 1.29 is 26.7 Å². The molecule has 2 aromatic carbocycles. The molecule has 1 saturated carbocycles. The molecule has 0 saturated heterocycles. The molecule has 1 N–H and O–H groups in total. The van der Waals surface area contributed by atoms with E-state index < -0.39 is 39.4 Å². The molecule has 2 heterocycles. The van der Waals surface area contributed by atoms with Gasteiger partial charge in [0.25, 0.3) is 16.4 Å². The van der Waals surface area contributed by atoms with Crippen LogP contribution in [0.1, 0.15) is 47.0 Å². The molecule has 0 unspecified atom stereocenters. The molecule has 1 aliphatic rings. The predicted octanol–water partition coefficient (Wildman–Crippen LogP) is 5.12. The average Bonchev–Trinajstić information content (AvgIpc) is 3.65. The standard InChI is InChI=1S/C28H25F2N3O4S/c1-16-10-13-24(37-3)19(14-16)28(15-20(28)22-7-4-8-23(32-22)26(29)30)27(34)33-38(35,36)25-9-5-6-21-18(25)12-11-17(2)31-21/h4-14,20,26H,15H2,1-3H3,(H,33,34)/t20-,28-/m1/s1. The van der Waals surface area contributed by atoms with E-state index in [1.807, 2.05) is 13.0 Å². The van der Waals surface area contributed by atoms with E-state index in [0.29, 0.717) is 22.2 Å². The van der Waals surface area contributed by atoms with Gasteiger partial charge in [0.1, 0.15) is 11.4 Å². The maximum Gasteiger partial charge on any atom is 0.280 e. The zero-order chi connectivity index (χ0) is 27.2. The molecule has 7 nitrogen and oxygen atoms in total. The Labute approximate surface area is 218 Å². The SMILES string of the molecule is COc1ccc(C)cc1[C@]1(C(=O)NS(=O)(=O)c2cccc3nc(C)ccc23)C[C@@H]1c1cccc(C(F)F)n1. The van der Waals surface area contributed by atoms with Crippen molar-refractivity contribution in [1.82, 2.24) is 14.7 Å². The van der Waals surface area contributed by atoms with E-state index in [4.69, 9.17) is 4.74 Å². The van der Waals surface area contributed by atoms with E-state index >= 15 is 0 Å². The molecule has 0 aliphatic heterocycles. The summed E-state index contributed by atoms with van der Waals surface area (Å²) in [6, 6.07) is 17.5. The third-order valence-electron chi connectivity index (χ3n) is 6.92. The lowest BCUT2D eigenvalue weighted by molar-refractivity contribution is -0.122. The number of methoxy groups -OCH3 is 1. The first-order valence-corrected chi connectivity index (χ1v) is 13.4. The molecule has 2 aromatic heterocycles. The molecule has 0 spiro atoms. The Morgan fingerprint density at radius 1 is 1.05 bits per heavy atom. The van der Waals surface area contributed by atoms with Gasteiger partial charge in [-0.05, 0) is 62.7 Å². The lowest BCUT2D eigenvalue weighted by Crippen LogP contribution is -2.40. The van der Waals surface area contributed by atoms with Crippen molar-refractivity contribution in [1.29, 1.82) is 0 Å². The van der Waals surface area contributed by atoms with E-state index in [9.17, 15) is 22.0 Å². The van der Waals surface area contributed by atoms with Crippen LogP contribution in [0.2, 0.25) is 0 Å². The maximum absolute atomic E-state index is 14.0. The monoisotopic (exact) mass is 537 g/mol. The number of halogens is 2. The number of alkyl halides is 2. The van der Waals surface area contributed by atoms with Crippen LogP contribution in [0.3, 0.4) is 0 Å². The molecule has 0 bridgehead atoms. The highest BCUT2D eigenvalue weighted by Crippen LogP contribution is 2.62. The number of carbonyl (C=O) groups excluding carboxylic acids is 1. The average molecular weight is 538 g/mol. The van der Waals surface area contributed by atoms with E-state index in [1.165, 1.54) is 25.3 Å². The van der Waals surface area contributed by atoms with Crippen molar-refractivity contribution in [2.45, 2.75) is 42.9 Å². The Hall–Kier alpha value is -3.92. The molecule has 1 fully saturated rings. The van der Waals surface area contributed by atoms with Gasteiger partial charge in [0, 0.05) is 28.3 Å². The molecule has 1 amide bonds. The van der Waals surface area contributed by atoms with Gasteiger partial charge in [-0.2, -0.15) is 0 Å². The first-order valence-electron chi connectivity index (χ1n) is 11.9. The maximum atomic E-state index is 14.0. The van der Waals surface area contributed by atoms with Gasteiger partial charge in [-0.15, -0.1) is 0 Å². The van der Waals surface area contributed by atoms with Crippen LogP contribution >= 0.6 is 0 Å². The number of carbonyl (C=O) groups is 1. The smallest absolute Gasteiger partial charge is 0.280 e. The number of nitrogens with one attached hydrogen (secondary N) is 1. The second-order valence-electron chi connectivity index (χ2n) is 9.43. The van der Waals surface area contributed by atoms with Crippen LogP contribution in [-0.4, -0.2) is 31.4 Å². The molecule has 2 atom stereocenters. The van der Waals surface area contributed by atoms with Crippen LogP contribution in [0.15, 0.2) is 71.6 Å². The second kappa shape index (κ2) is 9.43. The number of benzene rings is 2. The van der Waals surface area contributed by atoms with E-state index in [-0.39, 0.29) is 17.0 Å². The number of amides is 1. The molecule has 0 radical (unpaired) electrons. The van der Waals surface area contributed by atoms with Crippen molar-refractivity contribution in [3.05, 3.63) is 94.9 Å². The summed E-state index contributed by atoms with van der Waals surface area (Å²) in [5.41, 5.74) is 0.976. The summed E-state index contributed by atoms with van der Waals surface area (Å²) in [7, 11) is -2.87. The van der Waals surface area contributed by atoms with Crippen LogP contribution in [0.4, 0.5) is 8.78 Å². The highest BCUT2D eigenvalue weighted by molar-refractivity contribution is 7.90. The molecule has 4 aromatic rings. The number of aromatic nitrogens is 2. The number of sulfonamides is 1. The Bertz CT molecular complexity index is 1680. The third-order valence-corrected chi connectivity index (χ3v) is 8.31. The number of rotatable bonds is 7. The lowest BCUT2D eigenvalue weighted by Gasteiger charge is -2.21. The van der Waals surface area contributed by atoms with Gasteiger partial charge in [0.15, 0.2) is 0 Å². The summed E-state index contributed by atoms with van der Waals surface area (Å²) < 4.78 is 61.7. The van der Waals surface area contributed by atoms with Gasteiger partial charge in [-0.3, -0.25) is 14.8 Å². The van der Waals surface area contributed by atoms with Crippen LogP contribution in [-0.2, 0) is 20.2 Å². The minimum Gasteiger partial charge on any atom is -0.496 e. The van der Waals surface area contributed by atoms with Gasteiger partial charge >= 0.3 is 0 Å². The largest absolute Gasteiger partial charge is 0.496 e. The Kier molecular flexibility index (Phi) is 6.38.